The van der Waals surface area contributed by atoms with E-state index >= 15 is 0 Å². The van der Waals surface area contributed by atoms with Crippen LogP contribution in [0.5, 0.6) is 0 Å². The van der Waals surface area contributed by atoms with Crippen molar-refractivity contribution in [3.05, 3.63) is 65.2 Å². The highest BCUT2D eigenvalue weighted by Gasteiger charge is 2.46. The number of likely N-dealkylation sites (tertiary alicyclic amines) is 1. The number of allylic oxidation sites excluding steroid dienone is 2. The quantitative estimate of drug-likeness (QED) is 0.449. The predicted molar refractivity (Wildman–Crippen MR) is 133 cm³/mol. The minimum absolute atomic E-state index is 0.00176. The maximum absolute atomic E-state index is 13.1. The van der Waals surface area contributed by atoms with E-state index < -0.39 is 15.9 Å². The van der Waals surface area contributed by atoms with Crippen molar-refractivity contribution < 1.29 is 22.8 Å². The molecule has 1 fully saturated rings. The smallest absolute Gasteiger partial charge is 0.262 e. The lowest BCUT2D eigenvalue weighted by atomic mass is 9.85. The van der Waals surface area contributed by atoms with Crippen LogP contribution in [0.2, 0.25) is 0 Å². The molecule has 4 rings (SSSR count). The van der Waals surface area contributed by atoms with Crippen LogP contribution in [-0.4, -0.2) is 37.6 Å². The Hall–Kier alpha value is -3.46. The summed E-state index contributed by atoms with van der Waals surface area (Å²) in [6.45, 7) is 5.44. The number of sulfonamides is 1. The monoisotopic (exact) mass is 495 g/mol. The van der Waals surface area contributed by atoms with E-state index in [4.69, 9.17) is 0 Å². The maximum atomic E-state index is 13.1. The molecule has 1 saturated heterocycles. The Morgan fingerprint density at radius 1 is 0.943 bits per heavy atom. The number of carbonyl (C=O) groups is 3. The molecule has 0 radical (unpaired) electrons. The van der Waals surface area contributed by atoms with Gasteiger partial charge in [0.05, 0.1) is 22.4 Å². The van der Waals surface area contributed by atoms with Crippen molar-refractivity contribution in [3.63, 3.8) is 0 Å². The Morgan fingerprint density at radius 2 is 1.60 bits per heavy atom. The lowest BCUT2D eigenvalue weighted by Crippen LogP contribution is -2.34. The molecule has 0 spiro atoms. The number of nitrogens with one attached hydrogen (secondary N) is 2. The molecule has 0 unspecified atom stereocenters. The topological polar surface area (TPSA) is 113 Å². The molecule has 2 aliphatic rings. The average Bonchev–Trinajstić information content (AvgIpc) is 3.05. The lowest BCUT2D eigenvalue weighted by Gasteiger charge is -2.16. The zero-order valence-electron chi connectivity index (χ0n) is 20.0. The van der Waals surface area contributed by atoms with Crippen LogP contribution in [0.15, 0.2) is 53.4 Å². The van der Waals surface area contributed by atoms with Crippen LogP contribution in [0.1, 0.15) is 36.0 Å². The van der Waals surface area contributed by atoms with Crippen molar-refractivity contribution in [3.8, 4) is 0 Å². The van der Waals surface area contributed by atoms with Gasteiger partial charge >= 0.3 is 0 Å². The van der Waals surface area contributed by atoms with Gasteiger partial charge in [0.1, 0.15) is 0 Å². The SMILES string of the molecule is Cc1ccc(NS(=O)(=O)c2cc(NC(=O)CCN3C(=O)[C@H]4CC=CC[C@@H]4C3=O)ccc2C)c(C)c1. The standard InChI is InChI=1S/C26H29N3O5S/c1-16-8-11-22(18(3)14-16)28-35(33,34)23-15-19(10-9-17(23)2)27-24(30)12-13-29-25(31)20-6-4-5-7-21(20)26(29)32/h4-5,8-11,14-15,20-21,28H,6-7,12-13H2,1-3H3,(H,27,30)/t20-,21-/m0/s1. The summed E-state index contributed by atoms with van der Waals surface area (Å²) in [7, 11) is -3.89. The molecule has 184 valence electrons. The molecular weight excluding hydrogens is 466 g/mol. The van der Waals surface area contributed by atoms with Crippen molar-refractivity contribution in [2.24, 2.45) is 11.8 Å². The number of rotatable bonds is 7. The lowest BCUT2D eigenvalue weighted by molar-refractivity contribution is -0.140. The van der Waals surface area contributed by atoms with Crippen LogP contribution in [0, 0.1) is 32.6 Å². The summed E-state index contributed by atoms with van der Waals surface area (Å²) in [5.41, 5.74) is 3.17. The summed E-state index contributed by atoms with van der Waals surface area (Å²) in [5, 5.41) is 2.69. The first-order valence-electron chi connectivity index (χ1n) is 11.6. The minimum Gasteiger partial charge on any atom is -0.326 e. The fourth-order valence-electron chi connectivity index (χ4n) is 4.62. The zero-order valence-corrected chi connectivity index (χ0v) is 20.8. The van der Waals surface area contributed by atoms with Gasteiger partial charge in [0.2, 0.25) is 17.7 Å². The first-order chi connectivity index (χ1) is 16.6. The van der Waals surface area contributed by atoms with E-state index in [9.17, 15) is 22.8 Å². The van der Waals surface area contributed by atoms with Crippen LogP contribution in [0.4, 0.5) is 11.4 Å². The van der Waals surface area contributed by atoms with Gasteiger partial charge in [0.25, 0.3) is 10.0 Å². The third-order valence-electron chi connectivity index (χ3n) is 6.55. The van der Waals surface area contributed by atoms with Crippen LogP contribution >= 0.6 is 0 Å². The second-order valence-corrected chi connectivity index (χ2v) is 10.8. The fraction of sp³-hybridized carbons (Fsp3) is 0.346. The van der Waals surface area contributed by atoms with E-state index in [1.54, 1.807) is 25.1 Å². The highest BCUT2D eigenvalue weighted by molar-refractivity contribution is 7.92. The van der Waals surface area contributed by atoms with Crippen molar-refractivity contribution in [2.75, 3.05) is 16.6 Å². The molecule has 2 aromatic rings. The van der Waals surface area contributed by atoms with Crippen LogP contribution in [0.3, 0.4) is 0 Å². The molecule has 2 aromatic carbocycles. The predicted octanol–water partition coefficient (Wildman–Crippen LogP) is 3.69. The van der Waals surface area contributed by atoms with Gasteiger partial charge in [-0.3, -0.25) is 24.0 Å². The molecule has 2 N–H and O–H groups in total. The summed E-state index contributed by atoms with van der Waals surface area (Å²) in [5.74, 6) is -1.51. The average molecular weight is 496 g/mol. The number of hydrogen-bond donors (Lipinski definition) is 2. The number of benzene rings is 2. The van der Waals surface area contributed by atoms with E-state index in [1.165, 1.54) is 11.0 Å². The molecule has 0 bridgehead atoms. The maximum Gasteiger partial charge on any atom is 0.262 e. The van der Waals surface area contributed by atoms with E-state index in [-0.39, 0.29) is 41.5 Å². The second-order valence-electron chi connectivity index (χ2n) is 9.19. The molecule has 9 heteroatoms. The summed E-state index contributed by atoms with van der Waals surface area (Å²) < 4.78 is 28.8. The molecular formula is C26H29N3O5S. The van der Waals surface area contributed by atoms with Crippen molar-refractivity contribution >= 4 is 39.1 Å². The normalized spacial score (nSPS) is 19.6. The van der Waals surface area contributed by atoms with Crippen LogP contribution in [-0.2, 0) is 24.4 Å². The number of hydrogen-bond acceptors (Lipinski definition) is 5. The Balaban J connectivity index is 1.42. The second kappa shape index (κ2) is 9.65. The molecule has 0 saturated carbocycles. The van der Waals surface area contributed by atoms with Gasteiger partial charge in [-0.05, 0) is 62.9 Å². The fourth-order valence-corrected chi connectivity index (χ4v) is 6.02. The summed E-state index contributed by atoms with van der Waals surface area (Å²) in [6, 6.07) is 10.1. The van der Waals surface area contributed by atoms with Crippen LogP contribution < -0.4 is 10.0 Å². The molecule has 2 atom stereocenters. The Kier molecular flexibility index (Phi) is 6.80. The number of amides is 3. The van der Waals surface area contributed by atoms with Gasteiger partial charge in [-0.15, -0.1) is 0 Å². The first-order valence-corrected chi connectivity index (χ1v) is 13.1. The highest BCUT2D eigenvalue weighted by Crippen LogP contribution is 2.35. The number of carbonyl (C=O) groups excluding carboxylic acids is 3. The molecule has 3 amide bonds. The van der Waals surface area contributed by atoms with Gasteiger partial charge in [-0.25, -0.2) is 8.42 Å². The summed E-state index contributed by atoms with van der Waals surface area (Å²) in [6.07, 6.45) is 4.87. The van der Waals surface area contributed by atoms with Crippen molar-refractivity contribution in [2.45, 2.75) is 44.9 Å². The Labute approximate surface area is 205 Å². The molecule has 1 aliphatic heterocycles. The van der Waals surface area contributed by atoms with Crippen LogP contribution in [0.25, 0.3) is 0 Å². The van der Waals surface area contributed by atoms with E-state index in [0.717, 1.165) is 11.1 Å². The van der Waals surface area contributed by atoms with E-state index in [0.29, 0.717) is 29.8 Å². The summed E-state index contributed by atoms with van der Waals surface area (Å²) >= 11 is 0. The number of anilines is 2. The highest BCUT2D eigenvalue weighted by atomic mass is 32.2. The Bertz CT molecular complexity index is 1310. The van der Waals surface area contributed by atoms with Crippen molar-refractivity contribution in [1.29, 1.82) is 0 Å². The third kappa shape index (κ3) is 5.14. The molecule has 1 heterocycles. The van der Waals surface area contributed by atoms with E-state index in [2.05, 4.69) is 10.0 Å². The number of aryl methyl sites for hydroxylation is 3. The molecule has 0 aromatic heterocycles. The van der Waals surface area contributed by atoms with Gasteiger partial charge < -0.3 is 5.32 Å². The number of nitrogens with zero attached hydrogens (tertiary/aromatic N) is 1. The number of imide groups is 1. The van der Waals surface area contributed by atoms with E-state index in [1.807, 2.05) is 38.1 Å². The zero-order chi connectivity index (χ0) is 25.3. The Morgan fingerprint density at radius 3 is 2.23 bits per heavy atom. The van der Waals surface area contributed by atoms with Gasteiger partial charge in [0, 0.05) is 18.7 Å². The minimum atomic E-state index is -3.89. The van der Waals surface area contributed by atoms with Gasteiger partial charge in [-0.1, -0.05) is 35.9 Å². The van der Waals surface area contributed by atoms with Gasteiger partial charge in [-0.2, -0.15) is 0 Å². The molecule has 1 aliphatic carbocycles. The third-order valence-corrected chi connectivity index (χ3v) is 8.06. The largest absolute Gasteiger partial charge is 0.326 e. The van der Waals surface area contributed by atoms with Gasteiger partial charge in [0.15, 0.2) is 0 Å². The molecule has 8 nitrogen and oxygen atoms in total. The summed E-state index contributed by atoms with van der Waals surface area (Å²) in [4.78, 5) is 39.0. The first kappa shape index (κ1) is 24.7. The number of fused-ring (bicyclic) bond motifs is 1. The van der Waals surface area contributed by atoms with Crippen molar-refractivity contribution in [1.82, 2.24) is 4.90 Å². The molecule has 35 heavy (non-hydrogen) atoms.